The number of hydrogen-bond acceptors (Lipinski definition) is 5. The van der Waals surface area contributed by atoms with Crippen molar-refractivity contribution >= 4 is 11.9 Å². The van der Waals surface area contributed by atoms with Crippen molar-refractivity contribution in [2.75, 3.05) is 13.7 Å². The van der Waals surface area contributed by atoms with Crippen LogP contribution in [0.25, 0.3) is 11.1 Å². The molecule has 2 aromatic rings. The first kappa shape index (κ1) is 16.9. The van der Waals surface area contributed by atoms with E-state index in [9.17, 15) is 18.4 Å². The van der Waals surface area contributed by atoms with Crippen LogP contribution >= 0.6 is 0 Å². The van der Waals surface area contributed by atoms with Crippen molar-refractivity contribution in [3.05, 3.63) is 48.5 Å². The van der Waals surface area contributed by atoms with Crippen molar-refractivity contribution in [3.63, 3.8) is 0 Å². The molecule has 0 saturated carbocycles. The largest absolute Gasteiger partial charge is 0.467 e. The first-order valence-corrected chi connectivity index (χ1v) is 7.53. The second kappa shape index (κ2) is 6.54. The average molecular weight is 347 g/mol. The van der Waals surface area contributed by atoms with E-state index in [0.29, 0.717) is 11.1 Å². The van der Waals surface area contributed by atoms with Crippen LogP contribution in [-0.2, 0) is 9.53 Å². The molecule has 1 atom stereocenters. The summed E-state index contributed by atoms with van der Waals surface area (Å²) in [4.78, 5) is 33.2. The molecule has 1 aliphatic heterocycles. The summed E-state index contributed by atoms with van der Waals surface area (Å²) >= 11 is 0. The Hall–Kier alpha value is -2.90. The van der Waals surface area contributed by atoms with Crippen molar-refractivity contribution in [2.45, 2.75) is 18.4 Å². The molecule has 25 heavy (non-hydrogen) atoms. The SMILES string of the molecule is COC(=O)[C@@H]1CC(F)(F)CN1C(=O)c1cccc(-c2cncnc2)c1. The van der Waals surface area contributed by atoms with Gasteiger partial charge in [0.25, 0.3) is 11.8 Å². The molecule has 0 bridgehead atoms. The number of alkyl halides is 2. The zero-order chi connectivity index (χ0) is 18.0. The van der Waals surface area contributed by atoms with E-state index in [1.165, 1.54) is 12.4 Å². The van der Waals surface area contributed by atoms with Crippen LogP contribution in [0.5, 0.6) is 0 Å². The lowest BCUT2D eigenvalue weighted by Crippen LogP contribution is -2.41. The van der Waals surface area contributed by atoms with Gasteiger partial charge in [-0.15, -0.1) is 0 Å². The predicted molar refractivity (Wildman–Crippen MR) is 83.9 cm³/mol. The minimum atomic E-state index is -3.13. The van der Waals surface area contributed by atoms with E-state index >= 15 is 0 Å². The average Bonchev–Trinajstić information content (AvgIpc) is 2.97. The predicted octanol–water partition coefficient (Wildman–Crippen LogP) is 2.17. The van der Waals surface area contributed by atoms with Crippen molar-refractivity contribution in [1.29, 1.82) is 0 Å². The first-order chi connectivity index (χ1) is 11.9. The number of carbonyl (C=O) groups is 2. The highest BCUT2D eigenvalue weighted by Gasteiger charge is 2.50. The van der Waals surface area contributed by atoms with E-state index < -0.39 is 36.8 Å². The summed E-state index contributed by atoms with van der Waals surface area (Å²) in [6.45, 7) is -0.815. The summed E-state index contributed by atoms with van der Waals surface area (Å²) in [5, 5.41) is 0. The van der Waals surface area contributed by atoms with Crippen LogP contribution in [0.3, 0.4) is 0 Å². The molecule has 1 aliphatic rings. The fourth-order valence-electron chi connectivity index (χ4n) is 2.82. The van der Waals surface area contributed by atoms with Crippen LogP contribution < -0.4 is 0 Å². The van der Waals surface area contributed by atoms with Crippen molar-refractivity contribution in [1.82, 2.24) is 14.9 Å². The van der Waals surface area contributed by atoms with Gasteiger partial charge in [-0.3, -0.25) is 4.79 Å². The number of ether oxygens (including phenoxy) is 1. The summed E-state index contributed by atoms with van der Waals surface area (Å²) in [5.74, 6) is -4.62. The van der Waals surface area contributed by atoms with Gasteiger partial charge < -0.3 is 9.64 Å². The molecular weight excluding hydrogens is 332 g/mol. The molecule has 1 aromatic heterocycles. The quantitative estimate of drug-likeness (QED) is 0.796. The molecule has 1 aromatic carbocycles. The van der Waals surface area contributed by atoms with Gasteiger partial charge in [0.05, 0.1) is 13.7 Å². The van der Waals surface area contributed by atoms with E-state index in [1.807, 2.05) is 0 Å². The van der Waals surface area contributed by atoms with Gasteiger partial charge in [-0.1, -0.05) is 12.1 Å². The molecule has 0 spiro atoms. The highest BCUT2D eigenvalue weighted by Crippen LogP contribution is 2.34. The number of carbonyl (C=O) groups excluding carboxylic acids is 2. The van der Waals surface area contributed by atoms with Crippen molar-refractivity contribution < 1.29 is 23.1 Å². The molecule has 0 aliphatic carbocycles. The maximum atomic E-state index is 13.7. The minimum Gasteiger partial charge on any atom is -0.467 e. The first-order valence-electron chi connectivity index (χ1n) is 7.53. The second-order valence-corrected chi connectivity index (χ2v) is 5.74. The molecule has 0 radical (unpaired) electrons. The van der Waals surface area contributed by atoms with Crippen LogP contribution in [0.2, 0.25) is 0 Å². The number of nitrogens with zero attached hydrogens (tertiary/aromatic N) is 3. The Labute approximate surface area is 142 Å². The van der Waals surface area contributed by atoms with Crippen LogP contribution in [-0.4, -0.2) is 52.4 Å². The van der Waals surface area contributed by atoms with Crippen LogP contribution in [0.1, 0.15) is 16.8 Å². The second-order valence-electron chi connectivity index (χ2n) is 5.74. The topological polar surface area (TPSA) is 72.4 Å². The molecule has 0 N–H and O–H groups in total. The van der Waals surface area contributed by atoms with E-state index in [0.717, 1.165) is 12.0 Å². The summed E-state index contributed by atoms with van der Waals surface area (Å²) < 4.78 is 32.0. The van der Waals surface area contributed by atoms with Gasteiger partial charge in [-0.25, -0.2) is 23.5 Å². The highest BCUT2D eigenvalue weighted by molar-refractivity contribution is 5.98. The van der Waals surface area contributed by atoms with Gasteiger partial charge >= 0.3 is 5.97 Å². The number of amides is 1. The molecule has 1 amide bonds. The highest BCUT2D eigenvalue weighted by atomic mass is 19.3. The third-order valence-electron chi connectivity index (χ3n) is 4.01. The number of halogens is 2. The maximum absolute atomic E-state index is 13.7. The Bertz CT molecular complexity index is 799. The lowest BCUT2D eigenvalue weighted by Gasteiger charge is -2.22. The summed E-state index contributed by atoms with van der Waals surface area (Å²) in [7, 11) is 1.11. The minimum absolute atomic E-state index is 0.202. The van der Waals surface area contributed by atoms with Gasteiger partial charge in [-0.2, -0.15) is 0 Å². The maximum Gasteiger partial charge on any atom is 0.328 e. The molecule has 0 unspecified atom stereocenters. The van der Waals surface area contributed by atoms with Crippen LogP contribution in [0, 0.1) is 0 Å². The van der Waals surface area contributed by atoms with Gasteiger partial charge in [-0.05, 0) is 17.7 Å². The number of rotatable bonds is 3. The number of methoxy groups -OCH3 is 1. The smallest absolute Gasteiger partial charge is 0.328 e. The molecule has 2 heterocycles. The van der Waals surface area contributed by atoms with Gasteiger partial charge in [0, 0.05) is 29.9 Å². The number of likely N-dealkylation sites (tertiary alicyclic amines) is 1. The van der Waals surface area contributed by atoms with Gasteiger partial charge in [0.2, 0.25) is 0 Å². The number of aromatic nitrogens is 2. The molecular formula is C17H15F2N3O3. The Morgan fingerprint density at radius 1 is 1.24 bits per heavy atom. The van der Waals surface area contributed by atoms with Gasteiger partial charge in [0.15, 0.2) is 0 Å². The molecule has 3 rings (SSSR count). The summed E-state index contributed by atoms with van der Waals surface area (Å²) in [6.07, 6.45) is 3.80. The Balaban J connectivity index is 1.91. The third-order valence-corrected chi connectivity index (χ3v) is 4.01. The van der Waals surface area contributed by atoms with Crippen LogP contribution in [0.4, 0.5) is 8.78 Å². The lowest BCUT2D eigenvalue weighted by atomic mass is 10.0. The fraction of sp³-hybridized carbons (Fsp3) is 0.294. The zero-order valence-electron chi connectivity index (χ0n) is 13.4. The van der Waals surface area contributed by atoms with Crippen molar-refractivity contribution in [3.8, 4) is 11.1 Å². The van der Waals surface area contributed by atoms with Gasteiger partial charge in [0.1, 0.15) is 12.4 Å². The standard InChI is InChI=1S/C17H15F2N3O3/c1-25-16(24)14-6-17(18,19)9-22(14)15(23)12-4-2-3-11(5-12)13-7-20-10-21-8-13/h2-5,7-8,10,14H,6,9H2,1H3/t14-/m0/s1. The number of esters is 1. The zero-order valence-corrected chi connectivity index (χ0v) is 13.4. The summed E-state index contributed by atoms with van der Waals surface area (Å²) in [5.41, 5.74) is 1.56. The number of benzene rings is 1. The summed E-state index contributed by atoms with van der Waals surface area (Å²) in [6, 6.07) is 5.17. The molecule has 130 valence electrons. The molecule has 8 heteroatoms. The molecule has 1 fully saturated rings. The normalized spacial score (nSPS) is 18.8. The third kappa shape index (κ3) is 3.47. The van der Waals surface area contributed by atoms with E-state index in [4.69, 9.17) is 0 Å². The number of hydrogen-bond donors (Lipinski definition) is 0. The Morgan fingerprint density at radius 3 is 2.64 bits per heavy atom. The van der Waals surface area contributed by atoms with E-state index in [1.54, 1.807) is 30.6 Å². The van der Waals surface area contributed by atoms with E-state index in [-0.39, 0.29) is 5.56 Å². The molecule has 6 nitrogen and oxygen atoms in total. The van der Waals surface area contributed by atoms with Crippen molar-refractivity contribution in [2.24, 2.45) is 0 Å². The lowest BCUT2D eigenvalue weighted by molar-refractivity contribution is -0.145. The fourth-order valence-corrected chi connectivity index (χ4v) is 2.82. The van der Waals surface area contributed by atoms with Crippen LogP contribution in [0.15, 0.2) is 43.0 Å². The monoisotopic (exact) mass is 347 g/mol. The van der Waals surface area contributed by atoms with E-state index in [2.05, 4.69) is 14.7 Å². The molecule has 1 saturated heterocycles. The Morgan fingerprint density at radius 2 is 1.96 bits per heavy atom. The Kier molecular flexibility index (Phi) is 4.43.